The molecule has 2 unspecified atom stereocenters. The van der Waals surface area contributed by atoms with Crippen LogP contribution in [0.1, 0.15) is 25.8 Å². The van der Waals surface area contributed by atoms with Crippen LogP contribution in [0.5, 0.6) is 5.75 Å². The van der Waals surface area contributed by atoms with Gasteiger partial charge < -0.3 is 4.52 Å². The molecule has 0 fully saturated rings. The molecule has 0 N–H and O–H groups in total. The summed E-state index contributed by atoms with van der Waals surface area (Å²) in [5.41, 5.74) is 0.160. The van der Waals surface area contributed by atoms with Gasteiger partial charge in [-0.15, -0.1) is 0 Å². The molecule has 2 aromatic rings. The maximum atomic E-state index is 12.8. The molecular formula is C17H21O4P. The third-order valence-corrected chi connectivity index (χ3v) is 5.06. The molecule has 0 heterocycles. The van der Waals surface area contributed by atoms with Gasteiger partial charge >= 0.3 is 7.82 Å². The summed E-state index contributed by atoms with van der Waals surface area (Å²) in [6.07, 6.45) is 0.627. The smallest absolute Gasteiger partial charge is 0.404 e. The molecule has 2 atom stereocenters. The van der Waals surface area contributed by atoms with Crippen molar-refractivity contribution < 1.29 is 18.1 Å². The first-order valence-electron chi connectivity index (χ1n) is 7.18. The van der Waals surface area contributed by atoms with Crippen LogP contribution in [-0.2, 0) is 19.2 Å². The standard InChI is InChI=1S/C17H21O4P/c1-4-17(2,15-11-7-5-8-12-15)21-22(18,19-3)20-16-13-9-6-10-14-16/h5-14H,4H2,1-3H3. The number of benzene rings is 2. The first-order chi connectivity index (χ1) is 10.5. The Morgan fingerprint density at radius 2 is 1.55 bits per heavy atom. The first kappa shape index (κ1) is 16.8. The van der Waals surface area contributed by atoms with Crippen molar-refractivity contribution >= 4 is 7.82 Å². The van der Waals surface area contributed by atoms with E-state index in [2.05, 4.69) is 0 Å². The third kappa shape index (κ3) is 3.98. The third-order valence-electron chi connectivity index (χ3n) is 3.56. The van der Waals surface area contributed by atoms with E-state index in [0.29, 0.717) is 12.2 Å². The Morgan fingerprint density at radius 1 is 1.00 bits per heavy atom. The topological polar surface area (TPSA) is 44.8 Å². The van der Waals surface area contributed by atoms with E-state index >= 15 is 0 Å². The molecule has 4 nitrogen and oxygen atoms in total. The number of para-hydroxylation sites is 1. The minimum Gasteiger partial charge on any atom is -0.404 e. The number of rotatable bonds is 7. The van der Waals surface area contributed by atoms with Gasteiger partial charge in [-0.2, -0.15) is 0 Å². The highest BCUT2D eigenvalue weighted by atomic mass is 31.2. The summed E-state index contributed by atoms with van der Waals surface area (Å²) in [4.78, 5) is 0. The van der Waals surface area contributed by atoms with Crippen LogP contribution in [0.4, 0.5) is 0 Å². The number of phosphoric ester groups is 1. The normalized spacial score (nSPS) is 16.5. The number of hydrogen-bond donors (Lipinski definition) is 0. The molecule has 2 rings (SSSR count). The summed E-state index contributed by atoms with van der Waals surface area (Å²) in [6, 6.07) is 18.5. The lowest BCUT2D eigenvalue weighted by Crippen LogP contribution is -2.25. The second kappa shape index (κ2) is 7.10. The van der Waals surface area contributed by atoms with Gasteiger partial charge in [0, 0.05) is 7.11 Å². The molecule has 0 spiro atoms. The molecule has 5 heteroatoms. The fraction of sp³-hybridized carbons (Fsp3) is 0.294. The SMILES string of the molecule is CCC(C)(OP(=O)(OC)Oc1ccccc1)c1ccccc1. The molecule has 0 amide bonds. The molecule has 22 heavy (non-hydrogen) atoms. The summed E-state index contributed by atoms with van der Waals surface area (Å²) in [6.45, 7) is 3.85. The summed E-state index contributed by atoms with van der Waals surface area (Å²) in [7, 11) is -2.40. The molecule has 0 bridgehead atoms. The molecule has 0 aromatic heterocycles. The summed E-state index contributed by atoms with van der Waals surface area (Å²) in [5, 5.41) is 0. The Balaban J connectivity index is 2.25. The molecule has 0 aliphatic rings. The van der Waals surface area contributed by atoms with Gasteiger partial charge in [-0.05, 0) is 31.0 Å². The van der Waals surface area contributed by atoms with Crippen molar-refractivity contribution in [2.75, 3.05) is 7.11 Å². The van der Waals surface area contributed by atoms with Crippen molar-refractivity contribution in [3.05, 3.63) is 66.2 Å². The van der Waals surface area contributed by atoms with E-state index in [0.717, 1.165) is 5.56 Å². The minimum atomic E-state index is -3.73. The fourth-order valence-corrected chi connectivity index (χ4v) is 3.36. The van der Waals surface area contributed by atoms with Gasteiger partial charge in [0.25, 0.3) is 0 Å². The highest BCUT2D eigenvalue weighted by Gasteiger charge is 2.38. The highest BCUT2D eigenvalue weighted by Crippen LogP contribution is 2.54. The van der Waals surface area contributed by atoms with E-state index in [4.69, 9.17) is 13.6 Å². The Labute approximate surface area is 131 Å². The molecule has 0 saturated carbocycles. The highest BCUT2D eigenvalue weighted by molar-refractivity contribution is 7.48. The minimum absolute atomic E-state index is 0.444. The van der Waals surface area contributed by atoms with Gasteiger partial charge in [0.15, 0.2) is 0 Å². The lowest BCUT2D eigenvalue weighted by molar-refractivity contribution is 0.0393. The average Bonchev–Trinajstić information content (AvgIpc) is 2.56. The van der Waals surface area contributed by atoms with Crippen molar-refractivity contribution in [1.29, 1.82) is 0 Å². The van der Waals surface area contributed by atoms with Crippen LogP contribution in [0.2, 0.25) is 0 Å². The van der Waals surface area contributed by atoms with Gasteiger partial charge in [-0.1, -0.05) is 55.5 Å². The van der Waals surface area contributed by atoms with Crippen LogP contribution in [0.25, 0.3) is 0 Å². The van der Waals surface area contributed by atoms with Crippen molar-refractivity contribution in [3.8, 4) is 5.75 Å². The van der Waals surface area contributed by atoms with Crippen LogP contribution in [0.15, 0.2) is 60.7 Å². The van der Waals surface area contributed by atoms with Gasteiger partial charge in [0.05, 0.1) is 0 Å². The van der Waals surface area contributed by atoms with Crippen molar-refractivity contribution in [1.82, 2.24) is 0 Å². The Kier molecular flexibility index (Phi) is 5.41. The molecule has 2 aromatic carbocycles. The van der Waals surface area contributed by atoms with E-state index in [-0.39, 0.29) is 0 Å². The maximum absolute atomic E-state index is 12.8. The largest absolute Gasteiger partial charge is 0.530 e. The van der Waals surface area contributed by atoms with E-state index in [1.165, 1.54) is 7.11 Å². The van der Waals surface area contributed by atoms with Gasteiger partial charge in [0.1, 0.15) is 11.4 Å². The van der Waals surface area contributed by atoms with E-state index in [1.807, 2.05) is 50.2 Å². The summed E-state index contributed by atoms with van der Waals surface area (Å²) >= 11 is 0. The van der Waals surface area contributed by atoms with Crippen LogP contribution < -0.4 is 4.52 Å². The summed E-state index contributed by atoms with van der Waals surface area (Å²) in [5.74, 6) is 0.444. The van der Waals surface area contributed by atoms with Crippen molar-refractivity contribution in [2.45, 2.75) is 25.9 Å². The first-order valence-corrected chi connectivity index (χ1v) is 8.64. The van der Waals surface area contributed by atoms with Crippen LogP contribution in [-0.4, -0.2) is 7.11 Å². The van der Waals surface area contributed by atoms with Crippen LogP contribution in [0, 0.1) is 0 Å². The molecule has 0 radical (unpaired) electrons. The van der Waals surface area contributed by atoms with Gasteiger partial charge in [0.2, 0.25) is 0 Å². The van der Waals surface area contributed by atoms with Crippen molar-refractivity contribution in [3.63, 3.8) is 0 Å². The Hall–Kier alpha value is -1.61. The Morgan fingerprint density at radius 3 is 2.05 bits per heavy atom. The van der Waals surface area contributed by atoms with Crippen LogP contribution >= 0.6 is 7.82 Å². The predicted molar refractivity (Wildman–Crippen MR) is 86.9 cm³/mol. The lowest BCUT2D eigenvalue weighted by atomic mass is 9.94. The average molecular weight is 320 g/mol. The molecule has 0 aliphatic carbocycles. The quantitative estimate of drug-likeness (QED) is 0.661. The molecular weight excluding hydrogens is 299 g/mol. The second-order valence-electron chi connectivity index (χ2n) is 5.08. The molecule has 0 aliphatic heterocycles. The zero-order chi connectivity index (χ0) is 16.1. The second-order valence-corrected chi connectivity index (χ2v) is 6.70. The van der Waals surface area contributed by atoms with Crippen LogP contribution in [0.3, 0.4) is 0 Å². The van der Waals surface area contributed by atoms with E-state index in [1.54, 1.807) is 24.3 Å². The monoisotopic (exact) mass is 320 g/mol. The zero-order valence-corrected chi connectivity index (χ0v) is 14.0. The van der Waals surface area contributed by atoms with Gasteiger partial charge in [-0.25, -0.2) is 4.57 Å². The number of phosphoric acid groups is 1. The molecule has 118 valence electrons. The maximum Gasteiger partial charge on any atom is 0.530 e. The molecule has 0 saturated heterocycles. The zero-order valence-electron chi connectivity index (χ0n) is 13.1. The van der Waals surface area contributed by atoms with E-state index < -0.39 is 13.4 Å². The lowest BCUT2D eigenvalue weighted by Gasteiger charge is -2.31. The summed E-state index contributed by atoms with van der Waals surface area (Å²) < 4.78 is 29.2. The Bertz CT molecular complexity index is 630. The van der Waals surface area contributed by atoms with Gasteiger partial charge in [-0.3, -0.25) is 9.05 Å². The predicted octanol–water partition coefficient (Wildman–Crippen LogP) is 5.16. The fourth-order valence-electron chi connectivity index (χ4n) is 2.06. The number of hydrogen-bond acceptors (Lipinski definition) is 4. The van der Waals surface area contributed by atoms with E-state index in [9.17, 15) is 4.57 Å². The van der Waals surface area contributed by atoms with Crippen molar-refractivity contribution in [2.24, 2.45) is 0 Å².